The number of hydrogen-bond donors (Lipinski definition) is 2. The molecule has 1 saturated heterocycles. The largest absolute Gasteiger partial charge is 0.354 e. The summed E-state index contributed by atoms with van der Waals surface area (Å²) in [5, 5.41) is 0.955. The van der Waals surface area contributed by atoms with Crippen LogP contribution in [0.3, 0.4) is 0 Å². The summed E-state index contributed by atoms with van der Waals surface area (Å²) < 4.78 is 0. The normalized spacial score (nSPS) is 21.6. The molecule has 2 aromatic rings. The van der Waals surface area contributed by atoms with Gasteiger partial charge in [-0.2, -0.15) is 0 Å². The van der Waals surface area contributed by atoms with Gasteiger partial charge in [0.1, 0.15) is 17.8 Å². The van der Waals surface area contributed by atoms with E-state index in [1.807, 2.05) is 0 Å². The molecule has 3 N–H and O–H groups in total. The van der Waals surface area contributed by atoms with E-state index in [4.69, 9.17) is 5.73 Å². The van der Waals surface area contributed by atoms with E-state index in [0.29, 0.717) is 0 Å². The lowest BCUT2D eigenvalue weighted by Crippen LogP contribution is -2.43. The highest BCUT2D eigenvalue weighted by atomic mass is 15.2. The van der Waals surface area contributed by atoms with Gasteiger partial charge in [-0.3, -0.25) is 0 Å². The topological polar surface area (TPSA) is 70.8 Å². The summed E-state index contributed by atoms with van der Waals surface area (Å²) >= 11 is 0. The standard InChI is InChI=1S/C11H14N5/c12-8-2-1-5-16(6-8)11-9-3-4-13-10(9)14-7-15-11/h4,7-8H,1-2,5-6,12H2,(H,13,14,15). The lowest BCUT2D eigenvalue weighted by molar-refractivity contribution is 0.504. The van der Waals surface area contributed by atoms with Crippen LogP contribution in [0.15, 0.2) is 12.5 Å². The molecule has 2 aromatic heterocycles. The SMILES string of the molecule is NC1CCCN(c2ncnc3[nH]c[c]c23)C1. The molecule has 83 valence electrons. The molecule has 1 radical (unpaired) electrons. The average molecular weight is 216 g/mol. The van der Waals surface area contributed by atoms with Gasteiger partial charge in [-0.1, -0.05) is 0 Å². The van der Waals surface area contributed by atoms with Crippen molar-refractivity contribution in [2.24, 2.45) is 5.73 Å². The number of rotatable bonds is 1. The van der Waals surface area contributed by atoms with Crippen LogP contribution in [0.4, 0.5) is 5.82 Å². The van der Waals surface area contributed by atoms with Crippen LogP contribution in [0.2, 0.25) is 0 Å². The number of anilines is 1. The van der Waals surface area contributed by atoms with Crippen molar-refractivity contribution in [1.82, 2.24) is 15.0 Å². The summed E-state index contributed by atoms with van der Waals surface area (Å²) in [5.74, 6) is 0.946. The van der Waals surface area contributed by atoms with Gasteiger partial charge in [0.2, 0.25) is 0 Å². The molecule has 1 aliphatic rings. The summed E-state index contributed by atoms with van der Waals surface area (Å²) in [4.78, 5) is 13.8. The van der Waals surface area contributed by atoms with Crippen LogP contribution in [0.5, 0.6) is 0 Å². The molecule has 0 saturated carbocycles. The molecule has 3 heterocycles. The van der Waals surface area contributed by atoms with E-state index in [-0.39, 0.29) is 6.04 Å². The van der Waals surface area contributed by atoms with Gasteiger partial charge in [0.05, 0.1) is 5.39 Å². The minimum absolute atomic E-state index is 0.248. The van der Waals surface area contributed by atoms with Crippen molar-refractivity contribution < 1.29 is 0 Å². The molecule has 0 bridgehead atoms. The van der Waals surface area contributed by atoms with Crippen molar-refractivity contribution in [2.75, 3.05) is 18.0 Å². The molecule has 5 nitrogen and oxygen atoms in total. The second-order valence-corrected chi connectivity index (χ2v) is 4.20. The molecule has 1 atom stereocenters. The lowest BCUT2D eigenvalue weighted by atomic mass is 10.1. The first-order valence-electron chi connectivity index (χ1n) is 5.55. The van der Waals surface area contributed by atoms with Crippen LogP contribution in [0.1, 0.15) is 12.8 Å². The maximum absolute atomic E-state index is 5.98. The summed E-state index contributed by atoms with van der Waals surface area (Å²) in [7, 11) is 0. The number of aromatic nitrogens is 3. The maximum Gasteiger partial charge on any atom is 0.143 e. The Kier molecular flexibility index (Phi) is 2.25. The highest BCUT2D eigenvalue weighted by Gasteiger charge is 2.19. The van der Waals surface area contributed by atoms with Gasteiger partial charge >= 0.3 is 0 Å². The molecule has 3 rings (SSSR count). The summed E-state index contributed by atoms with van der Waals surface area (Å²) in [6, 6.07) is 3.39. The van der Waals surface area contributed by atoms with Gasteiger partial charge in [-0.15, -0.1) is 0 Å². The summed E-state index contributed by atoms with van der Waals surface area (Å²) in [5.41, 5.74) is 6.82. The Labute approximate surface area is 93.7 Å². The molecule has 16 heavy (non-hydrogen) atoms. The van der Waals surface area contributed by atoms with Gasteiger partial charge in [0.15, 0.2) is 0 Å². The second kappa shape index (κ2) is 3.75. The molecule has 5 heteroatoms. The van der Waals surface area contributed by atoms with Crippen LogP contribution < -0.4 is 10.6 Å². The molecule has 0 spiro atoms. The monoisotopic (exact) mass is 216 g/mol. The van der Waals surface area contributed by atoms with Crippen molar-refractivity contribution in [3.05, 3.63) is 18.6 Å². The Balaban J connectivity index is 2.01. The van der Waals surface area contributed by atoms with Crippen LogP contribution in [-0.2, 0) is 0 Å². The van der Waals surface area contributed by atoms with E-state index < -0.39 is 0 Å². The first-order valence-corrected chi connectivity index (χ1v) is 5.55. The van der Waals surface area contributed by atoms with Gasteiger partial charge < -0.3 is 15.6 Å². The Morgan fingerprint density at radius 1 is 1.50 bits per heavy atom. The van der Waals surface area contributed by atoms with Crippen LogP contribution in [-0.4, -0.2) is 34.1 Å². The maximum atomic E-state index is 5.98. The fraction of sp³-hybridized carbons (Fsp3) is 0.455. The van der Waals surface area contributed by atoms with E-state index >= 15 is 0 Å². The van der Waals surface area contributed by atoms with Gasteiger partial charge in [-0.05, 0) is 12.8 Å². The van der Waals surface area contributed by atoms with Gasteiger partial charge in [0.25, 0.3) is 0 Å². The molecule has 1 fully saturated rings. The minimum Gasteiger partial charge on any atom is -0.354 e. The molecular weight excluding hydrogens is 202 g/mol. The second-order valence-electron chi connectivity index (χ2n) is 4.20. The van der Waals surface area contributed by atoms with Crippen molar-refractivity contribution in [3.63, 3.8) is 0 Å². The molecule has 1 aliphatic heterocycles. The van der Waals surface area contributed by atoms with Crippen LogP contribution in [0.25, 0.3) is 11.0 Å². The average Bonchev–Trinajstić information content (AvgIpc) is 2.76. The highest BCUT2D eigenvalue weighted by Crippen LogP contribution is 2.23. The fourth-order valence-corrected chi connectivity index (χ4v) is 2.24. The number of piperidine rings is 1. The van der Waals surface area contributed by atoms with E-state index in [2.05, 4.69) is 25.9 Å². The van der Waals surface area contributed by atoms with E-state index in [9.17, 15) is 0 Å². The third-order valence-electron chi connectivity index (χ3n) is 3.01. The zero-order valence-electron chi connectivity index (χ0n) is 8.98. The zero-order chi connectivity index (χ0) is 11.0. The third kappa shape index (κ3) is 1.53. The molecule has 0 amide bonds. The van der Waals surface area contributed by atoms with Gasteiger partial charge in [-0.25, -0.2) is 9.97 Å². The van der Waals surface area contributed by atoms with E-state index in [1.54, 1.807) is 12.5 Å². The third-order valence-corrected chi connectivity index (χ3v) is 3.01. The predicted molar refractivity (Wildman–Crippen MR) is 62.1 cm³/mol. The predicted octanol–water partition coefficient (Wildman–Crippen LogP) is 0.686. The van der Waals surface area contributed by atoms with Crippen molar-refractivity contribution in [3.8, 4) is 0 Å². The Bertz CT molecular complexity index is 492. The van der Waals surface area contributed by atoms with E-state index in [0.717, 1.165) is 42.8 Å². The first kappa shape index (κ1) is 9.59. The summed E-state index contributed by atoms with van der Waals surface area (Å²) in [6.07, 6.45) is 5.58. The molecular formula is C11H14N5. The Hall–Kier alpha value is -1.62. The number of hydrogen-bond acceptors (Lipinski definition) is 4. The molecule has 1 unspecified atom stereocenters. The van der Waals surface area contributed by atoms with Gasteiger partial charge in [0, 0.05) is 31.4 Å². The molecule has 0 aliphatic carbocycles. The zero-order valence-corrected chi connectivity index (χ0v) is 8.98. The summed E-state index contributed by atoms with van der Waals surface area (Å²) in [6.45, 7) is 1.88. The number of nitrogens with two attached hydrogens (primary N) is 1. The van der Waals surface area contributed by atoms with Crippen LogP contribution in [0, 0.1) is 6.07 Å². The van der Waals surface area contributed by atoms with Crippen molar-refractivity contribution in [2.45, 2.75) is 18.9 Å². The number of fused-ring (bicyclic) bond motifs is 1. The van der Waals surface area contributed by atoms with Crippen molar-refractivity contribution >= 4 is 16.9 Å². The van der Waals surface area contributed by atoms with Crippen LogP contribution >= 0.6 is 0 Å². The lowest BCUT2D eigenvalue weighted by Gasteiger charge is -2.31. The van der Waals surface area contributed by atoms with E-state index in [1.165, 1.54) is 0 Å². The number of nitrogens with zero attached hydrogens (tertiary/aromatic N) is 3. The fourth-order valence-electron chi connectivity index (χ4n) is 2.24. The minimum atomic E-state index is 0.248. The number of nitrogens with one attached hydrogen (secondary N) is 1. The number of aromatic amines is 1. The molecule has 0 aromatic carbocycles. The smallest absolute Gasteiger partial charge is 0.143 e. The number of H-pyrrole nitrogens is 1. The Morgan fingerprint density at radius 3 is 3.31 bits per heavy atom. The quantitative estimate of drug-likeness (QED) is 0.735. The van der Waals surface area contributed by atoms with Crippen molar-refractivity contribution in [1.29, 1.82) is 0 Å². The highest BCUT2D eigenvalue weighted by molar-refractivity contribution is 5.86. The Morgan fingerprint density at radius 2 is 2.44 bits per heavy atom. The first-order chi connectivity index (χ1) is 7.84.